The molecule has 0 amide bonds. The van der Waals surface area contributed by atoms with Gasteiger partial charge in [-0.25, -0.2) is 9.59 Å². The quantitative estimate of drug-likeness (QED) is 0.141. The molecule has 7 heteroatoms. The fourth-order valence-electron chi connectivity index (χ4n) is 0.575. The van der Waals surface area contributed by atoms with Gasteiger partial charge in [0.1, 0.15) is 11.9 Å². The van der Waals surface area contributed by atoms with Crippen molar-refractivity contribution in [2.75, 3.05) is 0 Å². The largest absolute Gasteiger partial charge is 0.517 e. The molecule has 102 valence electrons. The van der Waals surface area contributed by atoms with E-state index in [0.717, 1.165) is 12.3 Å². The predicted molar refractivity (Wildman–Crippen MR) is 59.2 cm³/mol. The van der Waals surface area contributed by atoms with Gasteiger partial charge in [0.05, 0.1) is 6.08 Å². The molecule has 0 rings (SSSR count). The van der Waals surface area contributed by atoms with E-state index in [-0.39, 0.29) is 0 Å². The van der Waals surface area contributed by atoms with Gasteiger partial charge in [-0.15, -0.1) is 0 Å². The highest BCUT2D eigenvalue weighted by atomic mass is 17.2. The molecule has 0 fully saturated rings. The number of ether oxygens (including phenoxy) is 2. The van der Waals surface area contributed by atoms with E-state index >= 15 is 0 Å². The molecule has 18 heavy (non-hydrogen) atoms. The van der Waals surface area contributed by atoms with Crippen molar-refractivity contribution >= 4 is 18.4 Å². The molecule has 0 spiro atoms. The average molecular weight is 260 g/mol. The van der Waals surface area contributed by atoms with E-state index in [1.165, 1.54) is 6.92 Å². The van der Waals surface area contributed by atoms with Gasteiger partial charge in [0.2, 0.25) is 0 Å². The summed E-state index contributed by atoms with van der Waals surface area (Å²) in [6, 6.07) is 0. The molecule has 0 N–H and O–H groups in total. The van der Waals surface area contributed by atoms with Crippen LogP contribution in [0.2, 0.25) is 0 Å². The minimum Gasteiger partial charge on any atom is -0.423 e. The first kappa shape index (κ1) is 16.1. The van der Waals surface area contributed by atoms with Gasteiger partial charge in [-0.05, 0) is 27.7 Å². The van der Waals surface area contributed by atoms with Gasteiger partial charge in [-0.2, -0.15) is 4.89 Å². The fourth-order valence-corrected chi connectivity index (χ4v) is 0.575. The van der Waals surface area contributed by atoms with Crippen LogP contribution in [0.1, 0.15) is 27.7 Å². The van der Waals surface area contributed by atoms with Crippen LogP contribution in [0.15, 0.2) is 12.3 Å². The maximum atomic E-state index is 11.0. The van der Waals surface area contributed by atoms with Crippen molar-refractivity contribution in [3.63, 3.8) is 0 Å². The van der Waals surface area contributed by atoms with Gasteiger partial charge < -0.3 is 14.4 Å². The van der Waals surface area contributed by atoms with Crippen LogP contribution in [0.25, 0.3) is 0 Å². The van der Waals surface area contributed by atoms with E-state index in [4.69, 9.17) is 4.89 Å². The molecule has 0 aliphatic carbocycles. The number of carbonyl (C=O) groups excluding carboxylic acids is 3. The second-order valence-corrected chi connectivity index (χ2v) is 4.22. The van der Waals surface area contributed by atoms with Crippen molar-refractivity contribution in [1.82, 2.24) is 0 Å². The summed E-state index contributed by atoms with van der Waals surface area (Å²) >= 11 is 0. The summed E-state index contributed by atoms with van der Waals surface area (Å²) in [6.45, 7) is 6.57. The van der Waals surface area contributed by atoms with E-state index in [2.05, 4.69) is 14.4 Å². The van der Waals surface area contributed by atoms with Crippen LogP contribution in [0.5, 0.6) is 0 Å². The first-order chi connectivity index (χ1) is 8.24. The van der Waals surface area contributed by atoms with Crippen molar-refractivity contribution in [3.05, 3.63) is 12.3 Å². The maximum Gasteiger partial charge on any atom is 0.517 e. The molecule has 0 aliphatic rings. The molecule has 0 aliphatic heterocycles. The van der Waals surface area contributed by atoms with E-state index < -0.39 is 23.8 Å². The van der Waals surface area contributed by atoms with Crippen molar-refractivity contribution in [2.24, 2.45) is 0 Å². The Kier molecular flexibility index (Phi) is 6.66. The number of hydrogen-bond acceptors (Lipinski definition) is 7. The van der Waals surface area contributed by atoms with Crippen LogP contribution in [-0.2, 0) is 28.8 Å². The topological polar surface area (TPSA) is 88.1 Å². The first-order valence-electron chi connectivity index (χ1n) is 5.13. The molecule has 0 aromatic rings. The molecule has 7 nitrogen and oxygen atoms in total. The van der Waals surface area contributed by atoms with Gasteiger partial charge in [0.15, 0.2) is 12.4 Å². The molecular weight excluding hydrogens is 244 g/mol. The zero-order chi connectivity index (χ0) is 14.2. The van der Waals surface area contributed by atoms with Crippen LogP contribution in [-0.4, -0.2) is 30.1 Å². The monoisotopic (exact) mass is 260 g/mol. The molecule has 0 radical (unpaired) electrons. The fraction of sp³-hybridized carbons (Fsp3) is 0.545. The number of hydrogen-bond donors (Lipinski definition) is 0. The zero-order valence-electron chi connectivity index (χ0n) is 10.7. The Hall–Kier alpha value is -1.89. The Morgan fingerprint density at radius 2 is 1.83 bits per heavy atom. The molecule has 1 unspecified atom stereocenters. The summed E-state index contributed by atoms with van der Waals surface area (Å²) < 4.78 is 8.55. The smallest absolute Gasteiger partial charge is 0.423 e. The highest BCUT2D eigenvalue weighted by Gasteiger charge is 2.13. The van der Waals surface area contributed by atoms with Crippen molar-refractivity contribution < 1.29 is 33.6 Å². The van der Waals surface area contributed by atoms with Gasteiger partial charge in [-0.3, -0.25) is 4.79 Å². The second-order valence-electron chi connectivity index (χ2n) is 4.22. The van der Waals surface area contributed by atoms with E-state index in [1.807, 2.05) is 0 Å². The SMILES string of the molecule is CC(C=O)OC(=O)OC(=O)C=COOC(C)(C)C. The molecule has 0 aromatic heterocycles. The Balaban J connectivity index is 3.93. The van der Waals surface area contributed by atoms with Gasteiger partial charge >= 0.3 is 12.1 Å². The van der Waals surface area contributed by atoms with Gasteiger partial charge in [0, 0.05) is 0 Å². The van der Waals surface area contributed by atoms with Crippen molar-refractivity contribution in [1.29, 1.82) is 0 Å². The van der Waals surface area contributed by atoms with Crippen LogP contribution in [0.4, 0.5) is 4.79 Å². The second kappa shape index (κ2) is 7.44. The zero-order valence-corrected chi connectivity index (χ0v) is 10.7. The van der Waals surface area contributed by atoms with Gasteiger partial charge in [0.25, 0.3) is 0 Å². The molecular formula is C11H16O7. The lowest BCUT2D eigenvalue weighted by molar-refractivity contribution is -0.310. The molecule has 0 aromatic carbocycles. The number of rotatable bonds is 5. The summed E-state index contributed by atoms with van der Waals surface area (Å²) in [5.41, 5.74) is -0.535. The van der Waals surface area contributed by atoms with Gasteiger partial charge in [-0.1, -0.05) is 0 Å². The summed E-state index contributed by atoms with van der Waals surface area (Å²) in [7, 11) is 0. The maximum absolute atomic E-state index is 11.0. The van der Waals surface area contributed by atoms with E-state index in [9.17, 15) is 14.4 Å². The predicted octanol–water partition coefficient (Wildman–Crippen LogP) is 1.51. The summed E-state index contributed by atoms with van der Waals surface area (Å²) in [5.74, 6) is -1.00. The lowest BCUT2D eigenvalue weighted by Crippen LogP contribution is -2.19. The minimum atomic E-state index is -1.26. The average Bonchev–Trinajstić information content (AvgIpc) is 2.22. The standard InChI is InChI=1S/C11H16O7/c1-8(7-12)16-10(14)17-9(13)5-6-15-18-11(2,3)4/h5-8H,1-4H3. The number of esters is 1. The summed E-state index contributed by atoms with van der Waals surface area (Å²) in [6.07, 6.45) is -0.0967. The van der Waals surface area contributed by atoms with Crippen LogP contribution in [0.3, 0.4) is 0 Å². The first-order valence-corrected chi connectivity index (χ1v) is 5.13. The third kappa shape index (κ3) is 9.34. The van der Waals surface area contributed by atoms with Crippen LogP contribution < -0.4 is 0 Å². The van der Waals surface area contributed by atoms with E-state index in [0.29, 0.717) is 6.29 Å². The Labute approximate surface area is 105 Å². The molecule has 0 saturated heterocycles. The van der Waals surface area contributed by atoms with Crippen LogP contribution in [0, 0.1) is 0 Å². The lowest BCUT2D eigenvalue weighted by atomic mass is 10.2. The van der Waals surface area contributed by atoms with Crippen LogP contribution >= 0.6 is 0 Å². The van der Waals surface area contributed by atoms with Crippen molar-refractivity contribution in [2.45, 2.75) is 39.4 Å². The number of aldehydes is 1. The third-order valence-electron chi connectivity index (χ3n) is 1.22. The lowest BCUT2D eigenvalue weighted by Gasteiger charge is -2.15. The molecule has 0 saturated carbocycles. The molecule has 0 heterocycles. The highest BCUT2D eigenvalue weighted by Crippen LogP contribution is 2.06. The summed E-state index contributed by atoms with van der Waals surface area (Å²) in [4.78, 5) is 41.4. The summed E-state index contributed by atoms with van der Waals surface area (Å²) in [5, 5.41) is 0. The minimum absolute atomic E-state index is 0.391. The molecule has 0 bridgehead atoms. The molecule has 1 atom stereocenters. The Morgan fingerprint density at radius 3 is 2.33 bits per heavy atom. The van der Waals surface area contributed by atoms with Crippen molar-refractivity contribution in [3.8, 4) is 0 Å². The van der Waals surface area contributed by atoms with E-state index in [1.54, 1.807) is 20.8 Å². The normalized spacial score (nSPS) is 12.9. The highest BCUT2D eigenvalue weighted by molar-refractivity contribution is 5.89. The number of carbonyl (C=O) groups is 3. The Morgan fingerprint density at radius 1 is 1.22 bits per heavy atom. The Bertz CT molecular complexity index is 327. The third-order valence-corrected chi connectivity index (χ3v) is 1.22.